The van der Waals surface area contributed by atoms with Gasteiger partial charge in [-0.3, -0.25) is 0 Å². The summed E-state index contributed by atoms with van der Waals surface area (Å²) >= 11 is 12.0. The summed E-state index contributed by atoms with van der Waals surface area (Å²) in [4.78, 5) is 11.1. The van der Waals surface area contributed by atoms with Gasteiger partial charge in [-0.1, -0.05) is 35.3 Å². The minimum absolute atomic E-state index is 0.125. The highest BCUT2D eigenvalue weighted by molar-refractivity contribution is 6.42. The second-order valence-electron chi connectivity index (χ2n) is 7.36. The molecule has 0 atom stereocenters. The van der Waals surface area contributed by atoms with E-state index in [1.807, 2.05) is 0 Å². The van der Waals surface area contributed by atoms with Crippen LogP contribution in [0.15, 0.2) is 72.9 Å². The van der Waals surface area contributed by atoms with E-state index in [9.17, 15) is 18.0 Å². The molecule has 3 aromatic carbocycles. The van der Waals surface area contributed by atoms with Gasteiger partial charge in [0.25, 0.3) is 0 Å². The Hall–Kier alpha value is -3.49. The summed E-state index contributed by atoms with van der Waals surface area (Å²) in [6, 6.07) is 15.9. The molecular formula is C24H16Cl2F3N3O2. The van der Waals surface area contributed by atoms with Crippen molar-refractivity contribution in [1.29, 1.82) is 0 Å². The molecule has 0 fully saturated rings. The van der Waals surface area contributed by atoms with Crippen LogP contribution in [0, 0.1) is 0 Å². The Kier molecular flexibility index (Phi) is 6.54. The molecule has 0 aliphatic carbocycles. The SMILES string of the molecule is O=C(O)c1ccc(-n2cc(CNc3ccc(Cl)c(Cl)c3)c(-c3ccc(C(F)(F)F)cc3)n2)cc1. The number of alkyl halides is 3. The fourth-order valence-electron chi connectivity index (χ4n) is 3.29. The third-order valence-electron chi connectivity index (χ3n) is 5.06. The number of carboxylic acid groups (broad SMARTS) is 1. The molecule has 10 heteroatoms. The summed E-state index contributed by atoms with van der Waals surface area (Å²) in [5.74, 6) is -1.05. The second kappa shape index (κ2) is 9.40. The molecule has 0 unspecified atom stereocenters. The maximum absolute atomic E-state index is 13.0. The van der Waals surface area contributed by atoms with Crippen molar-refractivity contribution in [2.45, 2.75) is 12.7 Å². The zero-order chi connectivity index (χ0) is 24.5. The van der Waals surface area contributed by atoms with Gasteiger partial charge < -0.3 is 10.4 Å². The summed E-state index contributed by atoms with van der Waals surface area (Å²) < 4.78 is 40.5. The molecule has 1 heterocycles. The predicted octanol–water partition coefficient (Wildman–Crippen LogP) is 7.18. The topological polar surface area (TPSA) is 67.2 Å². The van der Waals surface area contributed by atoms with Gasteiger partial charge in [0.1, 0.15) is 0 Å². The first-order valence-corrected chi connectivity index (χ1v) is 10.7. The lowest BCUT2D eigenvalue weighted by atomic mass is 10.1. The number of nitrogens with zero attached hydrogens (tertiary/aromatic N) is 2. The van der Waals surface area contributed by atoms with E-state index in [0.717, 1.165) is 12.1 Å². The third-order valence-corrected chi connectivity index (χ3v) is 5.80. The van der Waals surface area contributed by atoms with Crippen molar-refractivity contribution in [3.63, 3.8) is 0 Å². The molecule has 4 aromatic rings. The van der Waals surface area contributed by atoms with Crippen LogP contribution in [0.1, 0.15) is 21.5 Å². The summed E-state index contributed by atoms with van der Waals surface area (Å²) in [5, 5.41) is 17.7. The van der Waals surface area contributed by atoms with Crippen molar-refractivity contribution in [1.82, 2.24) is 9.78 Å². The zero-order valence-electron chi connectivity index (χ0n) is 17.3. The number of aromatic nitrogens is 2. The van der Waals surface area contributed by atoms with Gasteiger partial charge >= 0.3 is 12.1 Å². The van der Waals surface area contributed by atoms with E-state index >= 15 is 0 Å². The fraction of sp³-hybridized carbons (Fsp3) is 0.0833. The van der Waals surface area contributed by atoms with Gasteiger partial charge in [-0.05, 0) is 54.6 Å². The quantitative estimate of drug-likeness (QED) is 0.291. The van der Waals surface area contributed by atoms with E-state index in [1.165, 1.54) is 24.3 Å². The highest BCUT2D eigenvalue weighted by atomic mass is 35.5. The summed E-state index contributed by atoms with van der Waals surface area (Å²) in [5.41, 5.74) is 2.35. The summed E-state index contributed by atoms with van der Waals surface area (Å²) in [6.07, 6.45) is -2.71. The van der Waals surface area contributed by atoms with Gasteiger partial charge in [-0.2, -0.15) is 18.3 Å². The number of carboxylic acids is 1. The second-order valence-corrected chi connectivity index (χ2v) is 8.17. The fourth-order valence-corrected chi connectivity index (χ4v) is 3.59. The predicted molar refractivity (Wildman–Crippen MR) is 125 cm³/mol. The Labute approximate surface area is 202 Å². The van der Waals surface area contributed by atoms with Crippen LogP contribution < -0.4 is 5.32 Å². The molecule has 0 saturated carbocycles. The van der Waals surface area contributed by atoms with Gasteiger partial charge in [0.15, 0.2) is 0 Å². The molecule has 1 aromatic heterocycles. The van der Waals surface area contributed by atoms with Gasteiger partial charge in [0, 0.05) is 29.6 Å². The summed E-state index contributed by atoms with van der Waals surface area (Å²) in [6.45, 7) is 0.293. The number of hydrogen-bond donors (Lipinski definition) is 2. The molecule has 174 valence electrons. The van der Waals surface area contributed by atoms with Crippen molar-refractivity contribution in [3.05, 3.63) is 99.7 Å². The van der Waals surface area contributed by atoms with E-state index in [2.05, 4.69) is 10.4 Å². The number of rotatable bonds is 6. The molecule has 2 N–H and O–H groups in total. The van der Waals surface area contributed by atoms with Gasteiger partial charge in [-0.15, -0.1) is 0 Å². The molecule has 0 aliphatic heterocycles. The van der Waals surface area contributed by atoms with Gasteiger partial charge in [-0.25, -0.2) is 9.48 Å². The monoisotopic (exact) mass is 505 g/mol. The van der Waals surface area contributed by atoms with Crippen LogP contribution in [0.25, 0.3) is 16.9 Å². The van der Waals surface area contributed by atoms with E-state index in [-0.39, 0.29) is 5.56 Å². The molecule has 0 aliphatic rings. The molecule has 0 radical (unpaired) electrons. The number of carbonyl (C=O) groups is 1. The lowest BCUT2D eigenvalue weighted by molar-refractivity contribution is -0.137. The van der Waals surface area contributed by atoms with Gasteiger partial charge in [0.2, 0.25) is 0 Å². The van der Waals surface area contributed by atoms with Crippen LogP contribution >= 0.6 is 23.2 Å². The molecule has 0 saturated heterocycles. The molecular weight excluding hydrogens is 490 g/mol. The smallest absolute Gasteiger partial charge is 0.416 e. The number of hydrogen-bond acceptors (Lipinski definition) is 3. The Bertz CT molecular complexity index is 1340. The first-order valence-electron chi connectivity index (χ1n) is 9.90. The normalized spacial score (nSPS) is 11.4. The maximum atomic E-state index is 13.0. The Balaban J connectivity index is 1.70. The zero-order valence-corrected chi connectivity index (χ0v) is 18.8. The van der Waals surface area contributed by atoms with Crippen molar-refractivity contribution in [2.24, 2.45) is 0 Å². The number of anilines is 1. The van der Waals surface area contributed by atoms with E-state index in [0.29, 0.717) is 44.8 Å². The number of halogens is 5. The third kappa shape index (κ3) is 5.18. The number of aromatic carboxylic acids is 1. The van der Waals surface area contributed by atoms with Crippen molar-refractivity contribution < 1.29 is 23.1 Å². The number of benzene rings is 3. The minimum Gasteiger partial charge on any atom is -0.478 e. The Morgan fingerprint density at radius 3 is 2.24 bits per heavy atom. The van der Waals surface area contributed by atoms with E-state index < -0.39 is 17.7 Å². The van der Waals surface area contributed by atoms with Crippen LogP contribution in [-0.2, 0) is 12.7 Å². The average molecular weight is 506 g/mol. The average Bonchev–Trinajstić information content (AvgIpc) is 3.24. The first-order chi connectivity index (χ1) is 16.1. The molecule has 4 rings (SSSR count). The standard InChI is InChI=1S/C24H16Cl2F3N3O2/c25-20-10-7-18(11-21(20)26)30-12-16-13-32(19-8-3-15(4-9-19)23(33)34)31-22(16)14-1-5-17(6-2-14)24(27,28)29/h1-11,13,30H,12H2,(H,33,34). The van der Waals surface area contributed by atoms with Crippen LogP contribution in [0.5, 0.6) is 0 Å². The van der Waals surface area contributed by atoms with Crippen LogP contribution in [0.4, 0.5) is 18.9 Å². The lowest BCUT2D eigenvalue weighted by Crippen LogP contribution is -2.04. The van der Waals surface area contributed by atoms with Crippen molar-refractivity contribution in [3.8, 4) is 16.9 Å². The van der Waals surface area contributed by atoms with Crippen molar-refractivity contribution in [2.75, 3.05) is 5.32 Å². The Morgan fingerprint density at radius 1 is 0.971 bits per heavy atom. The van der Waals surface area contributed by atoms with Crippen LogP contribution in [0.3, 0.4) is 0 Å². The largest absolute Gasteiger partial charge is 0.478 e. The molecule has 5 nitrogen and oxygen atoms in total. The highest BCUT2D eigenvalue weighted by Crippen LogP contribution is 2.32. The van der Waals surface area contributed by atoms with Crippen LogP contribution in [-0.4, -0.2) is 20.9 Å². The van der Waals surface area contributed by atoms with Crippen LogP contribution in [0.2, 0.25) is 10.0 Å². The molecule has 0 spiro atoms. The summed E-state index contributed by atoms with van der Waals surface area (Å²) in [7, 11) is 0. The molecule has 0 bridgehead atoms. The van der Waals surface area contributed by atoms with Crippen molar-refractivity contribution >= 4 is 34.9 Å². The lowest BCUT2D eigenvalue weighted by Gasteiger charge is -2.09. The van der Waals surface area contributed by atoms with E-state index in [1.54, 1.807) is 41.2 Å². The number of nitrogens with one attached hydrogen (secondary N) is 1. The molecule has 0 amide bonds. The highest BCUT2D eigenvalue weighted by Gasteiger charge is 2.30. The minimum atomic E-state index is -4.44. The first kappa shape index (κ1) is 23.7. The van der Waals surface area contributed by atoms with E-state index in [4.69, 9.17) is 28.3 Å². The van der Waals surface area contributed by atoms with Gasteiger partial charge in [0.05, 0.1) is 32.6 Å². The Morgan fingerprint density at radius 2 is 1.65 bits per heavy atom. The molecule has 34 heavy (non-hydrogen) atoms. The maximum Gasteiger partial charge on any atom is 0.416 e.